The first kappa shape index (κ1) is 13.7. The number of nitro groups is 1. The first-order chi connectivity index (χ1) is 7.71. The van der Waals surface area contributed by atoms with Crippen LogP contribution < -0.4 is 5.32 Å². The van der Waals surface area contributed by atoms with Gasteiger partial charge in [0.25, 0.3) is 5.69 Å². The van der Waals surface area contributed by atoms with Crippen LogP contribution in [0.25, 0.3) is 0 Å². The summed E-state index contributed by atoms with van der Waals surface area (Å²) in [7, 11) is 0. The van der Waals surface area contributed by atoms with E-state index in [9.17, 15) is 15.2 Å². The summed E-state index contributed by atoms with van der Waals surface area (Å²) < 4.78 is 0. The molecule has 1 atom stereocenters. The maximum Gasteiger partial charge on any atom is 0.292 e. The Morgan fingerprint density at radius 1 is 1.53 bits per heavy atom. The third-order valence-corrected chi connectivity index (χ3v) is 2.82. The van der Waals surface area contributed by atoms with Gasteiger partial charge in [-0.2, -0.15) is 0 Å². The van der Waals surface area contributed by atoms with Crippen molar-refractivity contribution in [3.05, 3.63) is 33.3 Å². The van der Waals surface area contributed by atoms with Gasteiger partial charge in [-0.05, 0) is 32.9 Å². The second-order valence-electron chi connectivity index (χ2n) is 4.44. The number of nitrogens with zero attached hydrogens (tertiary/aromatic N) is 1. The van der Waals surface area contributed by atoms with E-state index in [1.807, 2.05) is 0 Å². The van der Waals surface area contributed by atoms with E-state index in [1.165, 1.54) is 18.2 Å². The molecule has 0 aliphatic rings. The number of benzene rings is 1. The van der Waals surface area contributed by atoms with E-state index in [2.05, 4.69) is 5.32 Å². The summed E-state index contributed by atoms with van der Waals surface area (Å²) in [6.07, 6.45) is 0. The monoisotopic (exact) mass is 258 g/mol. The maximum atomic E-state index is 10.8. The Labute approximate surface area is 105 Å². The normalized spacial score (nSPS) is 13.2. The number of nitrogens with one attached hydrogen (secondary N) is 1. The molecule has 0 bridgehead atoms. The highest BCUT2D eigenvalue weighted by Gasteiger charge is 2.24. The lowest BCUT2D eigenvalue weighted by Crippen LogP contribution is -2.39. The first-order valence-electron chi connectivity index (χ1n) is 5.14. The number of anilines is 1. The van der Waals surface area contributed by atoms with Gasteiger partial charge in [0.05, 0.1) is 16.6 Å². The van der Waals surface area contributed by atoms with Crippen LogP contribution >= 0.6 is 11.6 Å². The molecular formula is C11H15ClN2O3. The zero-order valence-corrected chi connectivity index (χ0v) is 10.7. The van der Waals surface area contributed by atoms with Gasteiger partial charge in [-0.3, -0.25) is 10.1 Å². The molecule has 0 saturated heterocycles. The summed E-state index contributed by atoms with van der Waals surface area (Å²) in [6.45, 7) is 4.99. The van der Waals surface area contributed by atoms with E-state index in [0.717, 1.165) is 0 Å². The summed E-state index contributed by atoms with van der Waals surface area (Å²) >= 11 is 5.79. The van der Waals surface area contributed by atoms with E-state index >= 15 is 0 Å². The average Bonchev–Trinajstić information content (AvgIpc) is 2.15. The molecule has 0 aliphatic heterocycles. The van der Waals surface area contributed by atoms with Crippen LogP contribution in [0.5, 0.6) is 0 Å². The zero-order valence-electron chi connectivity index (χ0n) is 9.90. The fourth-order valence-corrected chi connectivity index (χ4v) is 1.37. The van der Waals surface area contributed by atoms with E-state index < -0.39 is 10.5 Å². The van der Waals surface area contributed by atoms with E-state index in [-0.39, 0.29) is 11.7 Å². The lowest BCUT2D eigenvalue weighted by Gasteiger charge is -2.27. The molecule has 5 nitrogen and oxygen atoms in total. The van der Waals surface area contributed by atoms with Crippen LogP contribution in [0.15, 0.2) is 18.2 Å². The van der Waals surface area contributed by atoms with Crippen molar-refractivity contribution in [3.8, 4) is 0 Å². The lowest BCUT2D eigenvalue weighted by atomic mass is 10.0. The van der Waals surface area contributed by atoms with Crippen LogP contribution in [0, 0.1) is 10.1 Å². The second-order valence-corrected chi connectivity index (χ2v) is 4.87. The van der Waals surface area contributed by atoms with Crippen molar-refractivity contribution in [2.45, 2.75) is 32.4 Å². The number of halogens is 1. The number of rotatable bonds is 4. The van der Waals surface area contributed by atoms with Crippen molar-refractivity contribution in [2.75, 3.05) is 5.32 Å². The molecule has 0 amide bonds. The highest BCUT2D eigenvalue weighted by Crippen LogP contribution is 2.29. The molecule has 6 heteroatoms. The van der Waals surface area contributed by atoms with E-state index in [1.54, 1.807) is 20.8 Å². The molecule has 1 rings (SSSR count). The smallest absolute Gasteiger partial charge is 0.292 e. The molecule has 0 spiro atoms. The van der Waals surface area contributed by atoms with Crippen LogP contribution in [0.1, 0.15) is 20.8 Å². The molecule has 94 valence electrons. The van der Waals surface area contributed by atoms with Gasteiger partial charge in [-0.1, -0.05) is 11.6 Å². The molecule has 1 aromatic rings. The van der Waals surface area contributed by atoms with Gasteiger partial charge < -0.3 is 10.4 Å². The first-order valence-corrected chi connectivity index (χ1v) is 5.52. The maximum absolute atomic E-state index is 10.8. The Morgan fingerprint density at radius 2 is 2.12 bits per heavy atom. The van der Waals surface area contributed by atoms with Gasteiger partial charge >= 0.3 is 0 Å². The van der Waals surface area contributed by atoms with Crippen molar-refractivity contribution in [1.82, 2.24) is 0 Å². The summed E-state index contributed by atoms with van der Waals surface area (Å²) in [5, 5.41) is 23.9. The van der Waals surface area contributed by atoms with E-state index in [4.69, 9.17) is 11.6 Å². The van der Waals surface area contributed by atoms with Crippen molar-refractivity contribution in [3.63, 3.8) is 0 Å². The minimum absolute atomic E-state index is 0.0644. The van der Waals surface area contributed by atoms with Crippen LogP contribution in [0.2, 0.25) is 5.02 Å². The second kappa shape index (κ2) is 4.89. The topological polar surface area (TPSA) is 75.4 Å². The van der Waals surface area contributed by atoms with Crippen LogP contribution in [-0.4, -0.2) is 21.7 Å². The molecule has 0 fully saturated rings. The Bertz CT molecular complexity index is 429. The van der Waals surface area contributed by atoms with Crippen LogP contribution in [0.3, 0.4) is 0 Å². The van der Waals surface area contributed by atoms with Gasteiger partial charge in [0.2, 0.25) is 0 Å². The van der Waals surface area contributed by atoms with Crippen molar-refractivity contribution in [2.24, 2.45) is 0 Å². The molecule has 0 heterocycles. The van der Waals surface area contributed by atoms with Gasteiger partial charge in [-0.25, -0.2) is 0 Å². The molecule has 0 radical (unpaired) electrons. The number of nitro benzene ring substituents is 1. The molecule has 1 aromatic carbocycles. The van der Waals surface area contributed by atoms with Gasteiger partial charge in [-0.15, -0.1) is 0 Å². The summed E-state index contributed by atoms with van der Waals surface area (Å²) in [5.41, 5.74) is -0.751. The van der Waals surface area contributed by atoms with Gasteiger partial charge in [0.1, 0.15) is 5.69 Å². The number of hydrogen-bond donors (Lipinski definition) is 2. The fraction of sp³-hybridized carbons (Fsp3) is 0.455. The minimum Gasteiger partial charge on any atom is -0.388 e. The highest BCUT2D eigenvalue weighted by molar-refractivity contribution is 6.31. The Balaban J connectivity index is 3.04. The van der Waals surface area contributed by atoms with Crippen molar-refractivity contribution < 1.29 is 10.0 Å². The SMILES string of the molecule is CC(Nc1cc(Cl)ccc1[N+](=O)[O-])C(C)(C)O. The molecule has 0 aromatic heterocycles. The molecule has 0 aliphatic carbocycles. The van der Waals surface area contributed by atoms with Gasteiger partial charge in [0.15, 0.2) is 0 Å². The highest BCUT2D eigenvalue weighted by atomic mass is 35.5. The summed E-state index contributed by atoms with van der Waals surface area (Å²) in [4.78, 5) is 10.3. The Kier molecular flexibility index (Phi) is 3.95. The molecular weight excluding hydrogens is 244 g/mol. The van der Waals surface area contributed by atoms with E-state index in [0.29, 0.717) is 10.7 Å². The van der Waals surface area contributed by atoms with Crippen molar-refractivity contribution >= 4 is 23.0 Å². The fourth-order valence-electron chi connectivity index (χ4n) is 1.19. The summed E-state index contributed by atoms with van der Waals surface area (Å²) in [6, 6.07) is 3.92. The largest absolute Gasteiger partial charge is 0.388 e. The van der Waals surface area contributed by atoms with Crippen LogP contribution in [-0.2, 0) is 0 Å². The lowest BCUT2D eigenvalue weighted by molar-refractivity contribution is -0.384. The third kappa shape index (κ3) is 3.57. The quantitative estimate of drug-likeness (QED) is 0.643. The molecule has 0 saturated carbocycles. The Hall–Kier alpha value is -1.33. The minimum atomic E-state index is -0.990. The Morgan fingerprint density at radius 3 is 2.59 bits per heavy atom. The molecule has 1 unspecified atom stereocenters. The predicted octanol–water partition coefficient (Wildman–Crippen LogP) is 2.82. The third-order valence-electron chi connectivity index (χ3n) is 2.59. The van der Waals surface area contributed by atoms with Gasteiger partial charge in [0, 0.05) is 11.1 Å². The predicted molar refractivity (Wildman–Crippen MR) is 67.5 cm³/mol. The average molecular weight is 259 g/mol. The zero-order chi connectivity index (χ0) is 13.2. The van der Waals surface area contributed by atoms with Crippen molar-refractivity contribution in [1.29, 1.82) is 0 Å². The van der Waals surface area contributed by atoms with Crippen LogP contribution in [0.4, 0.5) is 11.4 Å². The number of aliphatic hydroxyl groups is 1. The standard InChI is InChI=1S/C11H15ClN2O3/c1-7(11(2,3)15)13-9-6-8(12)4-5-10(9)14(16)17/h4-7,13,15H,1-3H3. The molecule has 17 heavy (non-hydrogen) atoms. The summed E-state index contributed by atoms with van der Waals surface area (Å²) in [5.74, 6) is 0. The number of hydrogen-bond acceptors (Lipinski definition) is 4. The molecule has 2 N–H and O–H groups in total.